The Labute approximate surface area is 262 Å². The molecule has 0 bridgehead atoms. The molecule has 1 amide bonds. The van der Waals surface area contributed by atoms with Gasteiger partial charge in [-0.15, -0.1) is 16.9 Å². The van der Waals surface area contributed by atoms with Gasteiger partial charge in [0.1, 0.15) is 13.1 Å². The summed E-state index contributed by atoms with van der Waals surface area (Å²) in [5.74, 6) is 0. The fourth-order valence-corrected chi connectivity index (χ4v) is 6.15. The largest absolute Gasteiger partial charge is 0.465 e. The maximum atomic E-state index is 13.7. The summed E-state index contributed by atoms with van der Waals surface area (Å²) in [5.41, 5.74) is 4.34. The van der Waals surface area contributed by atoms with Gasteiger partial charge in [-0.05, 0) is 62.2 Å². The van der Waals surface area contributed by atoms with Crippen LogP contribution in [0.5, 0.6) is 0 Å². The summed E-state index contributed by atoms with van der Waals surface area (Å²) in [4.78, 5) is 27.8. The summed E-state index contributed by atoms with van der Waals surface area (Å²) >= 11 is 1.58. The van der Waals surface area contributed by atoms with Gasteiger partial charge in [0.05, 0.1) is 25.1 Å². The normalized spacial score (nSPS) is 14.1. The van der Waals surface area contributed by atoms with Crippen LogP contribution in [0.3, 0.4) is 0 Å². The number of hydrazine groups is 2. The molecular formula is C30H42FN7O4SSi. The first kappa shape index (κ1) is 33.2. The van der Waals surface area contributed by atoms with E-state index in [0.29, 0.717) is 19.6 Å². The van der Waals surface area contributed by atoms with Gasteiger partial charge in [-0.2, -0.15) is 5.10 Å². The molecule has 238 valence electrons. The molecule has 1 aliphatic rings. The number of rotatable bonds is 13. The van der Waals surface area contributed by atoms with E-state index in [0.717, 1.165) is 43.2 Å². The maximum absolute atomic E-state index is 13.7. The topological polar surface area (TPSA) is 108 Å². The highest BCUT2D eigenvalue weighted by Gasteiger charge is 2.27. The van der Waals surface area contributed by atoms with Crippen LogP contribution in [0.25, 0.3) is 10.4 Å². The molecular weight excluding hydrogens is 602 g/mol. The van der Waals surface area contributed by atoms with Crippen LogP contribution in [0.4, 0.5) is 14.9 Å². The lowest BCUT2D eigenvalue weighted by Crippen LogP contribution is -2.46. The Morgan fingerprint density at radius 3 is 2.52 bits per heavy atom. The van der Waals surface area contributed by atoms with E-state index in [2.05, 4.69) is 42.4 Å². The molecule has 0 aliphatic carbocycles. The number of thiophene rings is 1. The highest BCUT2D eigenvalue weighted by molar-refractivity contribution is 7.15. The second-order valence-corrected chi connectivity index (χ2v) is 19.7. The van der Waals surface area contributed by atoms with Gasteiger partial charge in [0.2, 0.25) is 0 Å². The number of ether oxygens (including phenoxy) is 1. The van der Waals surface area contributed by atoms with Crippen molar-refractivity contribution in [2.75, 3.05) is 24.9 Å². The zero-order valence-corrected chi connectivity index (χ0v) is 28.0. The summed E-state index contributed by atoms with van der Waals surface area (Å²) in [6.07, 6.45) is 4.51. The SMILES string of the molecule is CC(C)(C)N(CC(=CF)Cn1ncn(Cc2ccc(-c3ccc(N4C=CN(COCC[Si](C)(C)C)N4)cc3)s2)c1=O)C(=O)O. The van der Waals surface area contributed by atoms with E-state index in [-0.39, 0.29) is 18.7 Å². The quantitative estimate of drug-likeness (QED) is 0.178. The van der Waals surface area contributed by atoms with Gasteiger partial charge >= 0.3 is 11.8 Å². The van der Waals surface area contributed by atoms with Crippen LogP contribution < -0.4 is 16.2 Å². The molecule has 3 aromatic rings. The Kier molecular flexibility index (Phi) is 10.5. The van der Waals surface area contributed by atoms with Gasteiger partial charge in [0.15, 0.2) is 0 Å². The number of amides is 1. The highest BCUT2D eigenvalue weighted by Crippen LogP contribution is 2.30. The van der Waals surface area contributed by atoms with E-state index in [1.807, 2.05) is 46.7 Å². The van der Waals surface area contributed by atoms with E-state index < -0.39 is 25.4 Å². The molecule has 1 aromatic carbocycles. The molecule has 4 rings (SSSR count). The third-order valence-electron chi connectivity index (χ3n) is 6.98. The summed E-state index contributed by atoms with van der Waals surface area (Å²) in [7, 11) is -1.11. The van der Waals surface area contributed by atoms with Crippen molar-refractivity contribution in [2.24, 2.45) is 0 Å². The van der Waals surface area contributed by atoms with Crippen molar-refractivity contribution in [3.63, 3.8) is 0 Å². The number of nitrogens with one attached hydrogen (secondary N) is 1. The Balaban J connectivity index is 1.32. The molecule has 11 nitrogen and oxygen atoms in total. The van der Waals surface area contributed by atoms with Crippen LogP contribution in [-0.4, -0.2) is 69.0 Å². The number of halogens is 1. The lowest BCUT2D eigenvalue weighted by Gasteiger charge is -2.33. The molecule has 0 atom stereocenters. The van der Waals surface area contributed by atoms with E-state index in [9.17, 15) is 19.1 Å². The molecule has 2 aromatic heterocycles. The number of benzene rings is 1. The van der Waals surface area contributed by atoms with Crippen LogP contribution >= 0.6 is 11.3 Å². The molecule has 0 spiro atoms. The number of hydrogen-bond acceptors (Lipinski definition) is 8. The lowest BCUT2D eigenvalue weighted by molar-refractivity contribution is 0.0416. The second-order valence-electron chi connectivity index (χ2n) is 12.9. The average molecular weight is 644 g/mol. The first-order chi connectivity index (χ1) is 20.7. The van der Waals surface area contributed by atoms with Gasteiger partial charge in [0, 0.05) is 48.9 Å². The van der Waals surface area contributed by atoms with Crippen LogP contribution in [0, 0.1) is 0 Å². The fraction of sp³-hybridized carbons (Fsp3) is 0.433. The smallest absolute Gasteiger partial charge is 0.408 e. The number of aromatic nitrogens is 3. The monoisotopic (exact) mass is 643 g/mol. The Hall–Kier alpha value is -3.72. The van der Waals surface area contributed by atoms with Crippen molar-refractivity contribution < 1.29 is 19.0 Å². The van der Waals surface area contributed by atoms with Crippen LogP contribution in [0.1, 0.15) is 25.6 Å². The molecule has 2 N–H and O–H groups in total. The zero-order valence-electron chi connectivity index (χ0n) is 26.2. The Morgan fingerprint density at radius 1 is 1.16 bits per heavy atom. The molecule has 1 aliphatic heterocycles. The molecule has 44 heavy (non-hydrogen) atoms. The molecule has 0 fully saturated rings. The van der Waals surface area contributed by atoms with Crippen LogP contribution in [0.15, 0.2) is 71.8 Å². The third-order valence-corrected chi connectivity index (χ3v) is 9.81. The van der Waals surface area contributed by atoms with Gasteiger partial charge < -0.3 is 9.84 Å². The van der Waals surface area contributed by atoms with E-state index >= 15 is 0 Å². The fourth-order valence-electron chi connectivity index (χ4n) is 4.38. The standard InChI is InChI=1S/C30H42FN7O4SSi/c1-30(2,3)36(29(40)41)18-23(17-31)19-38-28(39)34(21-32-38)20-26-11-12-27(43-26)24-7-9-25(10-8-24)37-14-13-35(33-37)22-42-15-16-44(4,5)6/h7-14,17,21,33H,15-16,18-20,22H2,1-6H3,(H,40,41). The molecule has 3 heterocycles. The number of hydrogen-bond donors (Lipinski definition) is 2. The van der Waals surface area contributed by atoms with Gasteiger partial charge in [-0.3, -0.25) is 19.5 Å². The minimum absolute atomic E-state index is 0.134. The van der Waals surface area contributed by atoms with Crippen molar-refractivity contribution in [2.45, 2.75) is 65.1 Å². The zero-order chi connectivity index (χ0) is 32.1. The third kappa shape index (κ3) is 8.91. The van der Waals surface area contributed by atoms with Crippen LogP contribution in [0.2, 0.25) is 25.7 Å². The maximum Gasteiger partial charge on any atom is 0.408 e. The molecule has 0 saturated carbocycles. The van der Waals surface area contributed by atoms with Crippen molar-refractivity contribution in [1.82, 2.24) is 29.8 Å². The number of anilines is 1. The van der Waals surface area contributed by atoms with E-state index in [1.165, 1.54) is 10.9 Å². The second kappa shape index (κ2) is 13.9. The predicted molar refractivity (Wildman–Crippen MR) is 175 cm³/mol. The van der Waals surface area contributed by atoms with E-state index in [4.69, 9.17) is 4.74 Å². The van der Waals surface area contributed by atoms with E-state index in [1.54, 1.807) is 32.1 Å². The number of nitrogens with zero attached hydrogens (tertiary/aromatic N) is 6. The minimum atomic E-state index is -1.16. The van der Waals surface area contributed by atoms with Crippen molar-refractivity contribution >= 4 is 31.2 Å². The summed E-state index contributed by atoms with van der Waals surface area (Å²) < 4.78 is 22.1. The Morgan fingerprint density at radius 2 is 1.89 bits per heavy atom. The highest BCUT2D eigenvalue weighted by atomic mass is 32.1. The van der Waals surface area contributed by atoms with Gasteiger partial charge in [-0.25, -0.2) is 18.7 Å². The van der Waals surface area contributed by atoms with Crippen molar-refractivity contribution in [3.8, 4) is 10.4 Å². The molecule has 0 saturated heterocycles. The van der Waals surface area contributed by atoms with Crippen molar-refractivity contribution in [3.05, 3.63) is 82.4 Å². The molecule has 0 unspecified atom stereocenters. The average Bonchev–Trinajstić information content (AvgIpc) is 3.70. The number of carbonyl (C=O) groups is 1. The van der Waals surface area contributed by atoms with Gasteiger partial charge in [0.25, 0.3) is 0 Å². The lowest BCUT2D eigenvalue weighted by atomic mass is 10.1. The Bertz CT molecular complexity index is 1540. The first-order valence-corrected chi connectivity index (χ1v) is 18.9. The van der Waals surface area contributed by atoms with Gasteiger partial charge in [-0.1, -0.05) is 31.8 Å². The summed E-state index contributed by atoms with van der Waals surface area (Å²) in [6.45, 7) is 13.4. The van der Waals surface area contributed by atoms with Crippen molar-refractivity contribution in [1.29, 1.82) is 0 Å². The number of carboxylic acid groups (broad SMARTS) is 1. The van der Waals surface area contributed by atoms with Crippen LogP contribution in [-0.2, 0) is 17.8 Å². The summed E-state index contributed by atoms with van der Waals surface area (Å²) in [6, 6.07) is 13.3. The molecule has 0 radical (unpaired) electrons. The summed E-state index contributed by atoms with van der Waals surface area (Å²) in [5, 5.41) is 17.5. The predicted octanol–water partition coefficient (Wildman–Crippen LogP) is 5.78. The minimum Gasteiger partial charge on any atom is -0.465 e. The first-order valence-electron chi connectivity index (χ1n) is 14.4. The molecule has 14 heteroatoms.